The van der Waals surface area contributed by atoms with Gasteiger partial charge in [0, 0.05) is 37.0 Å². The van der Waals surface area contributed by atoms with Crippen LogP contribution in [0.2, 0.25) is 0 Å². The molecule has 0 aromatic rings. The van der Waals surface area contributed by atoms with Crippen molar-refractivity contribution < 1.29 is 24.5 Å². The highest BCUT2D eigenvalue weighted by Crippen LogP contribution is 2.67. The largest absolute Gasteiger partial charge is 0.365 e. The van der Waals surface area contributed by atoms with E-state index in [9.17, 15) is 15.0 Å². The van der Waals surface area contributed by atoms with Crippen LogP contribution in [0.5, 0.6) is 0 Å². The van der Waals surface area contributed by atoms with Gasteiger partial charge in [-0.15, -0.1) is 0 Å². The van der Waals surface area contributed by atoms with E-state index in [1.165, 1.54) is 0 Å². The van der Waals surface area contributed by atoms with E-state index in [0.29, 0.717) is 43.7 Å². The average molecular weight is 379 g/mol. The fraction of sp³-hybridized carbons (Fsp3) is 0.955. The summed E-state index contributed by atoms with van der Waals surface area (Å²) in [7, 11) is 0. The fourth-order valence-electron chi connectivity index (χ4n) is 7.82. The highest BCUT2D eigenvalue weighted by molar-refractivity contribution is 5.83. The monoisotopic (exact) mass is 378 g/mol. The van der Waals surface area contributed by atoms with Crippen molar-refractivity contribution >= 4 is 5.78 Å². The van der Waals surface area contributed by atoms with Crippen molar-refractivity contribution in [3.63, 3.8) is 0 Å². The Balaban J connectivity index is 1.47. The molecule has 27 heavy (non-hydrogen) atoms. The molecule has 5 rings (SSSR count). The third-order valence-corrected chi connectivity index (χ3v) is 9.71. The van der Waals surface area contributed by atoms with E-state index in [0.717, 1.165) is 44.9 Å². The summed E-state index contributed by atoms with van der Waals surface area (Å²) in [6.07, 6.45) is 7.38. The van der Waals surface area contributed by atoms with Crippen molar-refractivity contribution in [2.45, 2.75) is 83.2 Å². The van der Waals surface area contributed by atoms with Crippen molar-refractivity contribution in [3.05, 3.63) is 0 Å². The molecular formula is C22H34O5. The van der Waals surface area contributed by atoms with E-state index >= 15 is 0 Å². The third-order valence-electron chi connectivity index (χ3n) is 9.71. The van der Waals surface area contributed by atoms with Gasteiger partial charge in [0.15, 0.2) is 11.6 Å². The second-order valence-electron chi connectivity index (χ2n) is 10.6. The Labute approximate surface area is 161 Å². The van der Waals surface area contributed by atoms with E-state index in [1.54, 1.807) is 0 Å². The van der Waals surface area contributed by atoms with Gasteiger partial charge in [-0.25, -0.2) is 0 Å². The maximum atomic E-state index is 13.3. The molecule has 1 aliphatic heterocycles. The van der Waals surface area contributed by atoms with Gasteiger partial charge in [-0.05, 0) is 55.3 Å². The summed E-state index contributed by atoms with van der Waals surface area (Å²) in [5, 5.41) is 21.2. The molecular weight excluding hydrogens is 344 g/mol. The number of hydrogen-bond donors (Lipinski definition) is 2. The lowest BCUT2D eigenvalue weighted by atomic mass is 9.46. The van der Waals surface area contributed by atoms with Crippen LogP contribution in [-0.4, -0.2) is 40.8 Å². The van der Waals surface area contributed by atoms with Crippen LogP contribution in [0.1, 0.15) is 71.6 Å². The number of Topliss-reactive ketones (excluding diaryl/α,β-unsaturated/α-hetero) is 1. The smallest absolute Gasteiger partial charge is 0.168 e. The molecule has 0 radical (unpaired) electrons. The predicted molar refractivity (Wildman–Crippen MR) is 98.5 cm³/mol. The molecule has 0 aromatic heterocycles. The molecule has 0 bridgehead atoms. The first kappa shape index (κ1) is 18.5. The molecule has 1 heterocycles. The van der Waals surface area contributed by atoms with Gasteiger partial charge >= 0.3 is 0 Å². The number of carbonyl (C=O) groups excluding carboxylic acids is 1. The number of hydrogen-bond acceptors (Lipinski definition) is 5. The molecule has 4 saturated carbocycles. The first-order chi connectivity index (χ1) is 12.7. The third kappa shape index (κ3) is 2.41. The molecule has 0 amide bonds. The van der Waals surface area contributed by atoms with Gasteiger partial charge in [0.2, 0.25) is 0 Å². The van der Waals surface area contributed by atoms with Crippen LogP contribution in [0.25, 0.3) is 0 Å². The summed E-state index contributed by atoms with van der Waals surface area (Å²) in [5.74, 6) is -0.816. The maximum absolute atomic E-state index is 13.3. The fourth-order valence-corrected chi connectivity index (χ4v) is 7.82. The number of ether oxygens (including phenoxy) is 2. The summed E-state index contributed by atoms with van der Waals surface area (Å²) in [5.41, 5.74) is -0.425. The summed E-state index contributed by atoms with van der Waals surface area (Å²) < 4.78 is 12.0. The molecule has 5 fully saturated rings. The first-order valence-corrected chi connectivity index (χ1v) is 11.0. The molecule has 152 valence electrons. The highest BCUT2D eigenvalue weighted by atomic mass is 16.7. The molecule has 5 aliphatic rings. The second-order valence-corrected chi connectivity index (χ2v) is 10.6. The zero-order valence-corrected chi connectivity index (χ0v) is 16.7. The topological polar surface area (TPSA) is 76.0 Å². The summed E-state index contributed by atoms with van der Waals surface area (Å²) in [6, 6.07) is 0. The lowest BCUT2D eigenvalue weighted by molar-refractivity contribution is -0.248. The van der Waals surface area contributed by atoms with Crippen molar-refractivity contribution in [3.8, 4) is 0 Å². The van der Waals surface area contributed by atoms with Crippen LogP contribution in [0.3, 0.4) is 0 Å². The zero-order valence-electron chi connectivity index (χ0n) is 16.7. The normalized spacial score (nSPS) is 50.7. The van der Waals surface area contributed by atoms with Crippen LogP contribution in [0.15, 0.2) is 0 Å². The Morgan fingerprint density at radius 2 is 1.59 bits per heavy atom. The van der Waals surface area contributed by atoms with Gasteiger partial charge in [-0.1, -0.05) is 13.8 Å². The Morgan fingerprint density at radius 1 is 0.889 bits per heavy atom. The van der Waals surface area contributed by atoms with E-state index < -0.39 is 17.0 Å². The second kappa shape index (κ2) is 5.78. The zero-order chi connectivity index (χ0) is 19.1. The van der Waals surface area contributed by atoms with Crippen LogP contribution >= 0.6 is 0 Å². The van der Waals surface area contributed by atoms with Gasteiger partial charge in [0.25, 0.3) is 0 Å². The minimum atomic E-state index is -1.63. The summed E-state index contributed by atoms with van der Waals surface area (Å²) >= 11 is 0. The van der Waals surface area contributed by atoms with Gasteiger partial charge < -0.3 is 19.7 Å². The van der Waals surface area contributed by atoms with Crippen molar-refractivity contribution in [1.82, 2.24) is 0 Å². The molecule has 6 atom stereocenters. The number of ketones is 1. The summed E-state index contributed by atoms with van der Waals surface area (Å²) in [4.78, 5) is 13.3. The van der Waals surface area contributed by atoms with Crippen LogP contribution < -0.4 is 0 Å². The number of aliphatic hydroxyl groups is 2. The number of rotatable bonds is 0. The molecule has 4 aliphatic carbocycles. The van der Waals surface area contributed by atoms with Crippen LogP contribution in [-0.2, 0) is 14.3 Å². The molecule has 4 unspecified atom stereocenters. The highest BCUT2D eigenvalue weighted by Gasteiger charge is 2.66. The van der Waals surface area contributed by atoms with Gasteiger partial charge in [-0.3, -0.25) is 4.79 Å². The Morgan fingerprint density at radius 3 is 2.33 bits per heavy atom. The van der Waals surface area contributed by atoms with E-state index in [2.05, 4.69) is 6.92 Å². The first-order valence-electron chi connectivity index (χ1n) is 11.0. The van der Waals surface area contributed by atoms with Crippen molar-refractivity contribution in [2.75, 3.05) is 13.2 Å². The molecule has 1 spiro atoms. The van der Waals surface area contributed by atoms with Crippen molar-refractivity contribution in [2.24, 2.45) is 34.5 Å². The lowest BCUT2D eigenvalue weighted by Crippen LogP contribution is -2.58. The molecule has 5 nitrogen and oxygen atoms in total. The minimum Gasteiger partial charge on any atom is -0.365 e. The maximum Gasteiger partial charge on any atom is 0.168 e. The van der Waals surface area contributed by atoms with E-state index in [1.807, 2.05) is 6.92 Å². The van der Waals surface area contributed by atoms with Gasteiger partial charge in [-0.2, -0.15) is 0 Å². The Kier molecular flexibility index (Phi) is 3.96. The van der Waals surface area contributed by atoms with Gasteiger partial charge in [0.05, 0.1) is 13.2 Å². The number of carbonyl (C=O) groups is 1. The molecule has 5 heteroatoms. The van der Waals surface area contributed by atoms with E-state index in [-0.39, 0.29) is 17.3 Å². The molecule has 1 saturated heterocycles. The summed E-state index contributed by atoms with van der Waals surface area (Å²) in [6.45, 7) is 5.77. The average Bonchev–Trinajstić information content (AvgIpc) is 3.14. The predicted octanol–water partition coefficient (Wildman–Crippen LogP) is 3.02. The van der Waals surface area contributed by atoms with E-state index in [4.69, 9.17) is 9.47 Å². The Hall–Kier alpha value is -0.490. The van der Waals surface area contributed by atoms with Crippen molar-refractivity contribution in [1.29, 1.82) is 0 Å². The standard InChI is InChI=1S/C22H34O5/c1-19-9-10-21(26-11-12-27-21)7-3-14(19)13-17(23)18-15(19)4-6-20(2)16(18)5-8-22(20,24)25/h14-16,18,24-25H,3-13H2,1-2H3/t14?,15?,16?,18?,19-,20-/m0/s1. The lowest BCUT2D eigenvalue weighted by Gasteiger charge is -2.58. The Bertz CT molecular complexity index is 639. The molecule has 2 N–H and O–H groups in total. The quantitative estimate of drug-likeness (QED) is 0.634. The minimum absolute atomic E-state index is 0.00867. The number of fused-ring (bicyclic) bond motifs is 5. The molecule has 0 aromatic carbocycles. The van der Waals surface area contributed by atoms with Gasteiger partial charge in [0.1, 0.15) is 5.78 Å². The SMILES string of the molecule is C[C@]12CCC3(CCC1CC(=O)C1C2CC[C@@]2(C)C1CCC2(O)O)OCCO3. The van der Waals surface area contributed by atoms with Crippen LogP contribution in [0, 0.1) is 34.5 Å². The van der Waals surface area contributed by atoms with Crippen LogP contribution in [0.4, 0.5) is 0 Å².